The Kier molecular flexibility index (Phi) is 9.05. The lowest BCUT2D eigenvalue weighted by molar-refractivity contribution is -0.152. The summed E-state index contributed by atoms with van der Waals surface area (Å²) >= 11 is 0. The van der Waals surface area contributed by atoms with E-state index in [0.717, 1.165) is 11.1 Å². The molecule has 1 heterocycles. The Morgan fingerprint density at radius 3 is 2.22 bits per heavy atom. The van der Waals surface area contributed by atoms with Gasteiger partial charge in [0, 0.05) is 13.0 Å². The van der Waals surface area contributed by atoms with E-state index < -0.39 is 35.6 Å². The molecule has 0 aliphatic carbocycles. The predicted octanol–water partition coefficient (Wildman–Crippen LogP) is 2.58. The van der Waals surface area contributed by atoms with E-state index in [2.05, 4.69) is 10.6 Å². The van der Waals surface area contributed by atoms with E-state index in [1.165, 1.54) is 25.9 Å². The van der Waals surface area contributed by atoms with Gasteiger partial charge in [0.15, 0.2) is 0 Å². The summed E-state index contributed by atoms with van der Waals surface area (Å²) in [5.41, 5.74) is 0.294. The number of esters is 1. The molecular weight excluding hydrogens is 462 g/mol. The van der Waals surface area contributed by atoms with Gasteiger partial charge >= 0.3 is 12.1 Å². The summed E-state index contributed by atoms with van der Waals surface area (Å²) in [5, 5.41) is 5.35. The zero-order valence-corrected chi connectivity index (χ0v) is 20.9. The van der Waals surface area contributed by atoms with E-state index in [-0.39, 0.29) is 18.9 Å². The van der Waals surface area contributed by atoms with Crippen molar-refractivity contribution < 1.29 is 28.7 Å². The van der Waals surface area contributed by atoms with Crippen molar-refractivity contribution in [3.05, 3.63) is 71.8 Å². The van der Waals surface area contributed by atoms with Crippen LogP contribution >= 0.6 is 0 Å². The average molecular weight is 496 g/mol. The fraction of sp³-hybridized carbons (Fsp3) is 0.407. The van der Waals surface area contributed by atoms with Crippen molar-refractivity contribution in [1.82, 2.24) is 15.5 Å². The van der Waals surface area contributed by atoms with Gasteiger partial charge in [-0.05, 0) is 37.8 Å². The van der Waals surface area contributed by atoms with Crippen LogP contribution in [-0.4, -0.2) is 60.1 Å². The van der Waals surface area contributed by atoms with Crippen molar-refractivity contribution >= 4 is 23.9 Å². The Morgan fingerprint density at radius 2 is 1.61 bits per heavy atom. The van der Waals surface area contributed by atoms with E-state index in [0.29, 0.717) is 19.4 Å². The van der Waals surface area contributed by atoms with Gasteiger partial charge in [-0.25, -0.2) is 9.59 Å². The van der Waals surface area contributed by atoms with Crippen molar-refractivity contribution in [2.45, 2.75) is 57.3 Å². The van der Waals surface area contributed by atoms with Gasteiger partial charge in [-0.2, -0.15) is 0 Å². The first-order chi connectivity index (χ1) is 17.2. The van der Waals surface area contributed by atoms with Gasteiger partial charge in [-0.3, -0.25) is 9.59 Å². The summed E-state index contributed by atoms with van der Waals surface area (Å²) in [6, 6.07) is 16.8. The maximum absolute atomic E-state index is 13.5. The average Bonchev–Trinajstić information content (AvgIpc) is 3.37. The maximum Gasteiger partial charge on any atom is 0.408 e. The number of nitrogens with one attached hydrogen (secondary N) is 2. The molecule has 192 valence electrons. The SMILES string of the molecule is COC(=O)[C@H]1CCCN1C(=O)[C@H](Cc1ccccc1)NC(=O)C(C)(C)NC(=O)OCc1ccccc1. The van der Waals surface area contributed by atoms with Gasteiger partial charge in [0.2, 0.25) is 11.8 Å². The number of carbonyl (C=O) groups is 4. The highest BCUT2D eigenvalue weighted by molar-refractivity contribution is 5.95. The van der Waals surface area contributed by atoms with E-state index in [9.17, 15) is 19.2 Å². The number of hydrogen-bond acceptors (Lipinski definition) is 6. The zero-order valence-electron chi connectivity index (χ0n) is 20.9. The van der Waals surface area contributed by atoms with Crippen molar-refractivity contribution in [2.75, 3.05) is 13.7 Å². The Bertz CT molecular complexity index is 1060. The van der Waals surface area contributed by atoms with Gasteiger partial charge < -0.3 is 25.0 Å². The third kappa shape index (κ3) is 7.07. The molecule has 2 aromatic rings. The number of amides is 3. The van der Waals surface area contributed by atoms with E-state index in [4.69, 9.17) is 9.47 Å². The molecule has 2 N–H and O–H groups in total. The highest BCUT2D eigenvalue weighted by Gasteiger charge is 2.40. The van der Waals surface area contributed by atoms with E-state index in [1.807, 2.05) is 60.7 Å². The molecular formula is C27H33N3O6. The molecule has 3 amide bonds. The second kappa shape index (κ2) is 12.2. The van der Waals surface area contributed by atoms with Crippen LogP contribution in [0.1, 0.15) is 37.8 Å². The summed E-state index contributed by atoms with van der Waals surface area (Å²) in [6.07, 6.45) is 0.641. The highest BCUT2D eigenvalue weighted by Crippen LogP contribution is 2.21. The van der Waals surface area contributed by atoms with Gasteiger partial charge in [-0.15, -0.1) is 0 Å². The standard InChI is InChI=1S/C27H33N3O6/c1-27(2,29-26(34)36-18-20-13-8-5-9-14-20)25(33)28-21(17-19-11-6-4-7-12-19)23(31)30-16-10-15-22(30)24(32)35-3/h4-9,11-14,21-22H,10,15-18H2,1-3H3,(H,28,33)(H,29,34)/t21-,22+/m0/s1. The molecule has 1 aliphatic rings. The van der Waals surface area contributed by atoms with Crippen LogP contribution in [0.15, 0.2) is 60.7 Å². The topological polar surface area (TPSA) is 114 Å². The molecule has 3 rings (SSSR count). The van der Waals surface area contributed by atoms with Crippen LogP contribution in [0.3, 0.4) is 0 Å². The summed E-state index contributed by atoms with van der Waals surface area (Å²) in [7, 11) is 1.29. The predicted molar refractivity (Wildman–Crippen MR) is 133 cm³/mol. The molecule has 36 heavy (non-hydrogen) atoms. The lowest BCUT2D eigenvalue weighted by atomic mass is 10.0. The third-order valence-electron chi connectivity index (χ3n) is 6.09. The fourth-order valence-electron chi connectivity index (χ4n) is 4.07. The third-order valence-corrected chi connectivity index (χ3v) is 6.09. The molecule has 0 saturated carbocycles. The molecule has 9 nitrogen and oxygen atoms in total. The molecule has 1 fully saturated rings. The Labute approximate surface area is 211 Å². The van der Waals surface area contributed by atoms with Crippen LogP contribution in [0.4, 0.5) is 4.79 Å². The van der Waals surface area contributed by atoms with E-state index in [1.54, 1.807) is 0 Å². The van der Waals surface area contributed by atoms with Crippen LogP contribution in [0.25, 0.3) is 0 Å². The number of hydrogen-bond donors (Lipinski definition) is 2. The minimum atomic E-state index is -1.37. The summed E-state index contributed by atoms with van der Waals surface area (Å²) < 4.78 is 10.1. The molecule has 2 aromatic carbocycles. The molecule has 0 bridgehead atoms. The minimum Gasteiger partial charge on any atom is -0.467 e. The Balaban J connectivity index is 1.70. The molecule has 0 spiro atoms. The lowest BCUT2D eigenvalue weighted by Gasteiger charge is -2.31. The molecule has 0 radical (unpaired) electrons. The van der Waals surface area contributed by atoms with Gasteiger partial charge in [0.1, 0.15) is 24.2 Å². The molecule has 0 unspecified atom stereocenters. The summed E-state index contributed by atoms with van der Waals surface area (Å²) in [4.78, 5) is 52.8. The number of methoxy groups -OCH3 is 1. The fourth-order valence-corrected chi connectivity index (χ4v) is 4.07. The van der Waals surface area contributed by atoms with Crippen molar-refractivity contribution in [2.24, 2.45) is 0 Å². The molecule has 1 aliphatic heterocycles. The summed E-state index contributed by atoms with van der Waals surface area (Å²) in [6.45, 7) is 3.52. The second-order valence-electron chi connectivity index (χ2n) is 9.24. The number of benzene rings is 2. The Morgan fingerprint density at radius 1 is 1.00 bits per heavy atom. The number of carbonyl (C=O) groups excluding carboxylic acids is 4. The Hall–Kier alpha value is -3.88. The van der Waals surface area contributed by atoms with Crippen molar-refractivity contribution in [1.29, 1.82) is 0 Å². The normalized spacial score (nSPS) is 16.1. The number of alkyl carbamates (subject to hydrolysis) is 1. The van der Waals surface area contributed by atoms with Gasteiger partial charge in [-0.1, -0.05) is 60.7 Å². The van der Waals surface area contributed by atoms with Crippen LogP contribution in [0.5, 0.6) is 0 Å². The quantitative estimate of drug-likeness (QED) is 0.517. The van der Waals surface area contributed by atoms with E-state index >= 15 is 0 Å². The van der Waals surface area contributed by atoms with Crippen LogP contribution in [0.2, 0.25) is 0 Å². The zero-order chi connectivity index (χ0) is 26.1. The summed E-state index contributed by atoms with van der Waals surface area (Å²) in [5.74, 6) is -1.40. The monoisotopic (exact) mass is 495 g/mol. The van der Waals surface area contributed by atoms with Crippen LogP contribution in [-0.2, 0) is 36.9 Å². The van der Waals surface area contributed by atoms with Gasteiger partial charge in [0.25, 0.3) is 0 Å². The number of nitrogens with zero attached hydrogens (tertiary/aromatic N) is 1. The second-order valence-corrected chi connectivity index (χ2v) is 9.24. The largest absolute Gasteiger partial charge is 0.467 e. The van der Waals surface area contributed by atoms with Crippen LogP contribution in [0, 0.1) is 0 Å². The van der Waals surface area contributed by atoms with Crippen molar-refractivity contribution in [3.63, 3.8) is 0 Å². The number of ether oxygens (including phenoxy) is 2. The molecule has 0 aromatic heterocycles. The van der Waals surface area contributed by atoms with Gasteiger partial charge in [0.05, 0.1) is 7.11 Å². The lowest BCUT2D eigenvalue weighted by Crippen LogP contribution is -2.60. The smallest absolute Gasteiger partial charge is 0.408 e. The highest BCUT2D eigenvalue weighted by atomic mass is 16.5. The minimum absolute atomic E-state index is 0.0589. The molecule has 1 saturated heterocycles. The first-order valence-corrected chi connectivity index (χ1v) is 11.9. The maximum atomic E-state index is 13.5. The van der Waals surface area contributed by atoms with Crippen molar-refractivity contribution in [3.8, 4) is 0 Å². The molecule has 9 heteroatoms. The number of rotatable bonds is 9. The number of likely N-dealkylation sites (tertiary alicyclic amines) is 1. The first-order valence-electron chi connectivity index (χ1n) is 11.9. The first kappa shape index (κ1) is 26.7. The molecule has 2 atom stereocenters. The van der Waals surface area contributed by atoms with Crippen LogP contribution < -0.4 is 10.6 Å².